The molecule has 0 aromatic heterocycles. The van der Waals surface area contributed by atoms with Gasteiger partial charge in [0.1, 0.15) is 0 Å². The lowest BCUT2D eigenvalue weighted by molar-refractivity contribution is 1.50. The Kier molecular flexibility index (Phi) is 0.503. The number of hydrogen-bond donors (Lipinski definition) is 0. The summed E-state index contributed by atoms with van der Waals surface area (Å²) in [7, 11) is 0. The van der Waals surface area contributed by atoms with Gasteiger partial charge in [-0.1, -0.05) is 5.57 Å². The Bertz CT molecular complexity index is 54.4. The Balaban J connectivity index is 2.46. The normalized spacial score (nSPS) is 19.0. The maximum Gasteiger partial charge on any atom is -0.0277 e. The summed E-state index contributed by atoms with van der Waals surface area (Å²) in [5.74, 6) is 0. The van der Waals surface area contributed by atoms with Gasteiger partial charge in [0.25, 0.3) is 0 Å². The minimum absolute atomic E-state index is 1.32. The third kappa shape index (κ3) is 0.504. The van der Waals surface area contributed by atoms with Crippen molar-refractivity contribution in [3.8, 4) is 0 Å². The Morgan fingerprint density at radius 3 is 2.20 bits per heavy atom. The lowest BCUT2D eigenvalue weighted by Crippen LogP contribution is -1.33. The number of rotatable bonds is 0. The van der Waals surface area contributed by atoms with Crippen molar-refractivity contribution < 1.29 is 0 Å². The first-order chi connectivity index (χ1) is 2.43. The van der Waals surface area contributed by atoms with Gasteiger partial charge in [-0.3, -0.25) is 0 Å². The van der Waals surface area contributed by atoms with Crippen LogP contribution >= 0.6 is 0 Å². The van der Waals surface area contributed by atoms with E-state index in [9.17, 15) is 0 Å². The van der Waals surface area contributed by atoms with Gasteiger partial charge in [0, 0.05) is 0 Å². The quantitative estimate of drug-likeness (QED) is 0.403. The summed E-state index contributed by atoms with van der Waals surface area (Å²) in [6, 6.07) is 0. The molecule has 0 aromatic carbocycles. The summed E-state index contributed by atoms with van der Waals surface area (Å²) in [6.07, 6.45) is 5.69. The van der Waals surface area contributed by atoms with Gasteiger partial charge in [0.2, 0.25) is 0 Å². The first-order valence-corrected chi connectivity index (χ1v) is 1.96. The molecule has 1 aliphatic carbocycles. The maximum absolute atomic E-state index is 3.06. The van der Waals surface area contributed by atoms with Gasteiger partial charge in [-0.05, 0) is 25.8 Å². The van der Waals surface area contributed by atoms with Crippen LogP contribution in [0.4, 0.5) is 0 Å². The van der Waals surface area contributed by atoms with Crippen LogP contribution in [0.1, 0.15) is 19.8 Å². The van der Waals surface area contributed by atoms with Crippen LogP contribution in [0.25, 0.3) is 0 Å². The Hall–Kier alpha value is -0.260. The minimum Gasteiger partial charge on any atom is -0.0664 e. The molecule has 1 rings (SSSR count). The fraction of sp³-hybridized carbons (Fsp3) is 0.600. The predicted molar refractivity (Wildman–Crippen MR) is 21.7 cm³/mol. The summed E-state index contributed by atoms with van der Waals surface area (Å²) in [5, 5.41) is 0. The Morgan fingerprint density at radius 2 is 2.20 bits per heavy atom. The van der Waals surface area contributed by atoms with Crippen molar-refractivity contribution in [2.75, 3.05) is 0 Å². The van der Waals surface area contributed by atoms with Crippen LogP contribution in [0.3, 0.4) is 0 Å². The lowest BCUT2D eigenvalue weighted by atomic mass is 10.6. The van der Waals surface area contributed by atoms with Gasteiger partial charge in [-0.2, -0.15) is 0 Å². The molecule has 0 aromatic rings. The van der Waals surface area contributed by atoms with Gasteiger partial charge in [-0.25, -0.2) is 0 Å². The highest BCUT2D eigenvalue weighted by molar-refractivity contribution is 5.10. The fourth-order valence-corrected chi connectivity index (χ4v) is 0.312. The van der Waals surface area contributed by atoms with Crippen LogP contribution in [0.2, 0.25) is 0 Å². The van der Waals surface area contributed by atoms with E-state index < -0.39 is 0 Å². The Morgan fingerprint density at radius 1 is 1.60 bits per heavy atom. The molecule has 0 bridgehead atoms. The molecule has 0 N–H and O–H groups in total. The molecular formula is C5H7. The van der Waals surface area contributed by atoms with E-state index in [0.717, 1.165) is 0 Å². The van der Waals surface area contributed by atoms with Crippen LogP contribution in [0, 0.1) is 6.08 Å². The molecule has 1 radical (unpaired) electrons. The van der Waals surface area contributed by atoms with Crippen molar-refractivity contribution in [3.05, 3.63) is 11.6 Å². The highest BCUT2D eigenvalue weighted by Crippen LogP contribution is 2.25. The van der Waals surface area contributed by atoms with Gasteiger partial charge < -0.3 is 0 Å². The van der Waals surface area contributed by atoms with Gasteiger partial charge >= 0.3 is 0 Å². The minimum atomic E-state index is 1.32. The van der Waals surface area contributed by atoms with Crippen LogP contribution in [-0.2, 0) is 0 Å². The van der Waals surface area contributed by atoms with Crippen molar-refractivity contribution in [1.29, 1.82) is 0 Å². The van der Waals surface area contributed by atoms with E-state index in [1.165, 1.54) is 18.4 Å². The average molecular weight is 67.1 g/mol. The molecule has 5 heavy (non-hydrogen) atoms. The average Bonchev–Trinajstić information content (AvgIpc) is 2.12. The summed E-state index contributed by atoms with van der Waals surface area (Å²) >= 11 is 0. The van der Waals surface area contributed by atoms with E-state index >= 15 is 0 Å². The van der Waals surface area contributed by atoms with E-state index in [1.54, 1.807) is 0 Å². The third-order valence-corrected chi connectivity index (χ3v) is 0.854. The molecule has 0 heteroatoms. The maximum atomic E-state index is 3.06. The first-order valence-electron chi connectivity index (χ1n) is 1.96. The molecule has 0 unspecified atom stereocenters. The smallest absolute Gasteiger partial charge is 0.0277 e. The molecule has 0 saturated heterocycles. The van der Waals surface area contributed by atoms with E-state index in [4.69, 9.17) is 0 Å². The predicted octanol–water partition coefficient (Wildman–Crippen LogP) is 1.53. The number of hydrogen-bond acceptors (Lipinski definition) is 0. The van der Waals surface area contributed by atoms with Gasteiger partial charge in [-0.15, -0.1) is 0 Å². The molecule has 1 fully saturated rings. The van der Waals surface area contributed by atoms with Crippen LogP contribution in [-0.4, -0.2) is 0 Å². The summed E-state index contributed by atoms with van der Waals surface area (Å²) in [4.78, 5) is 0. The van der Waals surface area contributed by atoms with Crippen LogP contribution in [0.15, 0.2) is 5.57 Å². The summed E-state index contributed by atoms with van der Waals surface area (Å²) in [5.41, 5.74) is 1.50. The highest BCUT2D eigenvalue weighted by Gasteiger charge is 2.07. The fourth-order valence-electron chi connectivity index (χ4n) is 0.312. The molecule has 0 atom stereocenters. The van der Waals surface area contributed by atoms with E-state index in [-0.39, 0.29) is 0 Å². The molecule has 0 nitrogen and oxygen atoms in total. The van der Waals surface area contributed by atoms with Crippen molar-refractivity contribution >= 4 is 0 Å². The molecule has 0 aliphatic heterocycles. The standard InChI is InChI=1S/C5H7/c1-2-5-3-4-5/h3-4H2,1H3. The van der Waals surface area contributed by atoms with Crippen molar-refractivity contribution in [1.82, 2.24) is 0 Å². The molecule has 27 valence electrons. The number of allylic oxidation sites excluding steroid dienone is 2. The zero-order valence-corrected chi connectivity index (χ0v) is 3.41. The third-order valence-electron chi connectivity index (χ3n) is 0.854. The zero-order chi connectivity index (χ0) is 3.70. The van der Waals surface area contributed by atoms with E-state index in [2.05, 4.69) is 6.08 Å². The summed E-state index contributed by atoms with van der Waals surface area (Å²) in [6.45, 7) is 1.97. The monoisotopic (exact) mass is 67.1 g/mol. The Labute approximate surface area is 32.5 Å². The van der Waals surface area contributed by atoms with Gasteiger partial charge in [0.05, 0.1) is 0 Å². The largest absolute Gasteiger partial charge is 0.0664 e. The lowest BCUT2D eigenvalue weighted by Gasteiger charge is -1.51. The second kappa shape index (κ2) is 0.852. The molecular weight excluding hydrogens is 60.1 g/mol. The summed E-state index contributed by atoms with van der Waals surface area (Å²) < 4.78 is 0. The first kappa shape index (κ1) is 2.95. The van der Waals surface area contributed by atoms with Crippen molar-refractivity contribution in [3.63, 3.8) is 0 Å². The topological polar surface area (TPSA) is 0 Å². The molecule has 0 amide bonds. The van der Waals surface area contributed by atoms with Crippen LogP contribution < -0.4 is 0 Å². The zero-order valence-electron chi connectivity index (χ0n) is 3.41. The second-order valence-corrected chi connectivity index (χ2v) is 1.35. The van der Waals surface area contributed by atoms with Crippen LogP contribution in [0.5, 0.6) is 0 Å². The second-order valence-electron chi connectivity index (χ2n) is 1.35. The molecule has 1 saturated carbocycles. The van der Waals surface area contributed by atoms with E-state index in [1.807, 2.05) is 6.92 Å². The van der Waals surface area contributed by atoms with Gasteiger partial charge in [0.15, 0.2) is 0 Å². The molecule has 0 heterocycles. The molecule has 1 aliphatic rings. The van der Waals surface area contributed by atoms with E-state index in [0.29, 0.717) is 0 Å². The highest BCUT2D eigenvalue weighted by atomic mass is 14.1. The van der Waals surface area contributed by atoms with Crippen molar-refractivity contribution in [2.24, 2.45) is 0 Å². The van der Waals surface area contributed by atoms with Crippen molar-refractivity contribution in [2.45, 2.75) is 19.8 Å². The SMILES string of the molecule is C[C]=C1CC1. The molecule has 0 spiro atoms.